The Bertz CT molecular complexity index is 1010. The lowest BCUT2D eigenvalue weighted by Gasteiger charge is -2.30. The number of hydrogen-bond acceptors (Lipinski definition) is 8. The molecule has 1 aliphatic heterocycles. The maximum absolute atomic E-state index is 5.46. The molecule has 0 bridgehead atoms. The lowest BCUT2D eigenvalue weighted by atomic mass is 10.1. The van der Waals surface area contributed by atoms with Crippen molar-refractivity contribution in [1.82, 2.24) is 19.9 Å². The Morgan fingerprint density at radius 3 is 2.71 bits per heavy atom. The summed E-state index contributed by atoms with van der Waals surface area (Å²) >= 11 is 1.62. The Morgan fingerprint density at radius 1 is 1.13 bits per heavy atom. The minimum Gasteiger partial charge on any atom is -0.378 e. The van der Waals surface area contributed by atoms with Crippen molar-refractivity contribution in [2.75, 3.05) is 36.9 Å². The molecule has 0 atom stereocenters. The smallest absolute Gasteiger partial charge is 0.227 e. The average molecular weight is 439 g/mol. The van der Waals surface area contributed by atoms with Crippen molar-refractivity contribution in [3.8, 4) is 10.6 Å². The van der Waals surface area contributed by atoms with Gasteiger partial charge in [0.15, 0.2) is 5.13 Å². The van der Waals surface area contributed by atoms with E-state index < -0.39 is 0 Å². The van der Waals surface area contributed by atoms with Crippen LogP contribution in [-0.2, 0) is 4.74 Å². The van der Waals surface area contributed by atoms with Gasteiger partial charge in [-0.05, 0) is 52.0 Å². The van der Waals surface area contributed by atoms with E-state index in [2.05, 4.69) is 70.6 Å². The molecule has 1 fully saturated rings. The zero-order chi connectivity index (χ0) is 21.8. The van der Waals surface area contributed by atoms with Crippen LogP contribution in [0.1, 0.15) is 32.9 Å². The van der Waals surface area contributed by atoms with Gasteiger partial charge in [0.05, 0.1) is 29.5 Å². The second-order valence-electron chi connectivity index (χ2n) is 8.68. The van der Waals surface area contributed by atoms with Gasteiger partial charge in [0.1, 0.15) is 0 Å². The molecule has 4 rings (SSSR count). The van der Waals surface area contributed by atoms with E-state index in [9.17, 15) is 0 Å². The topological polar surface area (TPSA) is 75.2 Å². The van der Waals surface area contributed by atoms with Crippen molar-refractivity contribution in [3.05, 3.63) is 53.7 Å². The molecule has 31 heavy (non-hydrogen) atoms. The van der Waals surface area contributed by atoms with E-state index in [0.29, 0.717) is 5.95 Å². The number of hydrogen-bond donors (Lipinski definition) is 2. The molecule has 1 saturated heterocycles. The van der Waals surface area contributed by atoms with Crippen molar-refractivity contribution in [1.29, 1.82) is 0 Å². The van der Waals surface area contributed by atoms with Crippen molar-refractivity contribution >= 4 is 22.4 Å². The largest absolute Gasteiger partial charge is 0.378 e. The van der Waals surface area contributed by atoms with Crippen molar-refractivity contribution in [3.63, 3.8) is 0 Å². The molecule has 0 radical (unpaired) electrons. The van der Waals surface area contributed by atoms with Crippen LogP contribution in [-0.4, -0.2) is 51.7 Å². The Labute approximate surface area is 188 Å². The summed E-state index contributed by atoms with van der Waals surface area (Å²) in [5.74, 6) is 0.578. The molecule has 3 heterocycles. The number of allylic oxidation sites excluding steroid dienone is 4. The molecule has 8 heteroatoms. The van der Waals surface area contributed by atoms with E-state index in [1.54, 1.807) is 17.5 Å². The van der Waals surface area contributed by atoms with Gasteiger partial charge in [0.2, 0.25) is 5.95 Å². The summed E-state index contributed by atoms with van der Waals surface area (Å²) in [5, 5.41) is 7.70. The molecule has 0 saturated carbocycles. The predicted molar refractivity (Wildman–Crippen MR) is 127 cm³/mol. The number of nitrogens with one attached hydrogen (secondary N) is 2. The third-order valence-electron chi connectivity index (χ3n) is 4.92. The second kappa shape index (κ2) is 9.20. The number of thiazole rings is 1. The van der Waals surface area contributed by atoms with Crippen molar-refractivity contribution < 1.29 is 4.74 Å². The first-order chi connectivity index (χ1) is 14.9. The molecule has 7 nitrogen and oxygen atoms in total. The number of ether oxygens (including phenoxy) is 1. The molecule has 164 valence electrons. The zero-order valence-electron chi connectivity index (χ0n) is 18.6. The number of anilines is 2. The van der Waals surface area contributed by atoms with Crippen LogP contribution < -0.4 is 10.6 Å². The summed E-state index contributed by atoms with van der Waals surface area (Å²) in [7, 11) is 0. The van der Waals surface area contributed by atoms with Gasteiger partial charge in [0.25, 0.3) is 0 Å². The normalized spacial score (nSPS) is 17.1. The second-order valence-corrected chi connectivity index (χ2v) is 9.68. The fourth-order valence-corrected chi connectivity index (χ4v) is 4.61. The number of morpholine rings is 1. The fourth-order valence-electron chi connectivity index (χ4n) is 3.47. The quantitative estimate of drug-likeness (QED) is 0.707. The summed E-state index contributed by atoms with van der Waals surface area (Å²) in [6.07, 6.45) is 11.2. The van der Waals surface area contributed by atoms with Gasteiger partial charge in [-0.1, -0.05) is 17.4 Å². The van der Waals surface area contributed by atoms with E-state index in [4.69, 9.17) is 9.72 Å². The molecule has 1 aliphatic carbocycles. The van der Waals surface area contributed by atoms with Crippen LogP contribution >= 0.6 is 11.3 Å². The molecule has 0 unspecified atom stereocenters. The van der Waals surface area contributed by atoms with Crippen LogP contribution in [0.3, 0.4) is 0 Å². The molecule has 2 aliphatic rings. The molecular formula is C23H30N6OS. The van der Waals surface area contributed by atoms with Crippen molar-refractivity contribution in [2.45, 2.75) is 39.7 Å². The van der Waals surface area contributed by atoms with E-state index in [0.717, 1.165) is 59.8 Å². The van der Waals surface area contributed by atoms with Gasteiger partial charge in [-0.25, -0.2) is 15.0 Å². The number of nitrogens with zero attached hydrogens (tertiary/aromatic N) is 4. The Balaban J connectivity index is 1.50. The van der Waals surface area contributed by atoms with E-state index >= 15 is 0 Å². The molecule has 2 N–H and O–H groups in total. The first-order valence-corrected chi connectivity index (χ1v) is 11.5. The summed E-state index contributed by atoms with van der Waals surface area (Å²) in [6.45, 7) is 11.9. The van der Waals surface area contributed by atoms with E-state index in [1.807, 2.05) is 13.0 Å². The predicted octanol–water partition coefficient (Wildman–Crippen LogP) is 4.59. The van der Waals surface area contributed by atoms with Gasteiger partial charge >= 0.3 is 0 Å². The van der Waals surface area contributed by atoms with Gasteiger partial charge in [-0.3, -0.25) is 0 Å². The highest BCUT2D eigenvalue weighted by Crippen LogP contribution is 2.33. The van der Waals surface area contributed by atoms with Gasteiger partial charge in [0, 0.05) is 42.6 Å². The molecule has 0 spiro atoms. The highest BCUT2D eigenvalue weighted by molar-refractivity contribution is 7.19. The molecule has 0 amide bonds. The maximum atomic E-state index is 5.46. The highest BCUT2D eigenvalue weighted by Gasteiger charge is 2.17. The Hall–Kier alpha value is -2.71. The zero-order valence-corrected chi connectivity index (χ0v) is 19.4. The van der Waals surface area contributed by atoms with Gasteiger partial charge in [-0.15, -0.1) is 0 Å². The summed E-state index contributed by atoms with van der Waals surface area (Å²) in [5.41, 5.74) is 4.08. The standard InChI is InChI=1S/C23H30N6OS/c1-16-20(31-22(25-16)28-23(2,3)4)19-10-11-24-21(27-19)26-17-6-5-7-18(9-8-17)29-12-14-30-15-13-29/h5-6,8-11H,7,12-15H2,1-4H3,(H,25,28)(H,24,26,27). The first kappa shape index (κ1) is 21.5. The minimum atomic E-state index is -0.0359. The third kappa shape index (κ3) is 5.71. The van der Waals surface area contributed by atoms with Crippen LogP contribution in [0.4, 0.5) is 11.1 Å². The number of rotatable bonds is 5. The van der Waals surface area contributed by atoms with Crippen LogP contribution in [0.2, 0.25) is 0 Å². The first-order valence-electron chi connectivity index (χ1n) is 10.6. The molecular weight excluding hydrogens is 408 g/mol. The van der Waals surface area contributed by atoms with Crippen LogP contribution in [0, 0.1) is 6.92 Å². The van der Waals surface area contributed by atoms with Gasteiger partial charge in [-0.2, -0.15) is 0 Å². The monoisotopic (exact) mass is 438 g/mol. The number of aryl methyl sites for hydroxylation is 1. The van der Waals surface area contributed by atoms with E-state index in [-0.39, 0.29) is 5.54 Å². The summed E-state index contributed by atoms with van der Waals surface area (Å²) in [4.78, 5) is 17.3. The van der Waals surface area contributed by atoms with Crippen molar-refractivity contribution in [2.24, 2.45) is 0 Å². The van der Waals surface area contributed by atoms with Crippen LogP contribution in [0.25, 0.3) is 10.6 Å². The minimum absolute atomic E-state index is 0.0359. The van der Waals surface area contributed by atoms with E-state index in [1.165, 1.54) is 5.70 Å². The lowest BCUT2D eigenvalue weighted by molar-refractivity contribution is 0.0528. The van der Waals surface area contributed by atoms with Crippen LogP contribution in [0.5, 0.6) is 0 Å². The highest BCUT2D eigenvalue weighted by atomic mass is 32.1. The van der Waals surface area contributed by atoms with Gasteiger partial charge < -0.3 is 20.3 Å². The molecule has 0 aromatic carbocycles. The maximum Gasteiger partial charge on any atom is 0.227 e. The fraction of sp³-hybridized carbons (Fsp3) is 0.435. The SMILES string of the molecule is Cc1nc(NC(C)(C)C)sc1-c1ccnc(NC2=CC=C(N3CCOCC3)CC=C2)n1. The molecule has 2 aromatic heterocycles. The Morgan fingerprint density at radius 2 is 1.94 bits per heavy atom. The van der Waals surface area contributed by atoms with Crippen LogP contribution in [0.15, 0.2) is 48.0 Å². The summed E-state index contributed by atoms with van der Waals surface area (Å²) in [6, 6.07) is 1.93. The third-order valence-corrected chi connectivity index (χ3v) is 6.02. The number of aromatic nitrogens is 3. The molecule has 2 aromatic rings. The average Bonchev–Trinajstić information content (AvgIpc) is 2.93. The summed E-state index contributed by atoms with van der Waals surface area (Å²) < 4.78 is 5.46. The Kier molecular flexibility index (Phi) is 6.38. The lowest BCUT2D eigenvalue weighted by Crippen LogP contribution is -2.35.